The van der Waals surface area contributed by atoms with Gasteiger partial charge in [0.15, 0.2) is 0 Å². The highest BCUT2D eigenvalue weighted by Gasteiger charge is 2.44. The average Bonchev–Trinajstić information content (AvgIpc) is 2.39. The largest absolute Gasteiger partial charge is 0.302 e. The molecule has 1 aliphatic carbocycles. The number of hydrogen-bond donors (Lipinski definition) is 2. The van der Waals surface area contributed by atoms with Crippen LogP contribution >= 0.6 is 0 Å². The van der Waals surface area contributed by atoms with E-state index in [4.69, 9.17) is 5.84 Å². The fourth-order valence-electron chi connectivity index (χ4n) is 3.74. The molecule has 1 aliphatic rings. The summed E-state index contributed by atoms with van der Waals surface area (Å²) in [6, 6.07) is 6.72. The SMILES string of the molecule is CC1CCCC(C(NN)c2cccc(F)c2)(N(C)C)C1. The molecule has 0 bridgehead atoms. The van der Waals surface area contributed by atoms with Crippen molar-refractivity contribution in [2.24, 2.45) is 11.8 Å². The summed E-state index contributed by atoms with van der Waals surface area (Å²) in [5.74, 6) is 6.31. The number of nitrogens with zero attached hydrogens (tertiary/aromatic N) is 1. The van der Waals surface area contributed by atoms with E-state index >= 15 is 0 Å². The molecule has 1 aromatic rings. The zero-order valence-corrected chi connectivity index (χ0v) is 12.7. The Bertz CT molecular complexity index is 449. The Hall–Kier alpha value is -0.970. The normalized spacial score (nSPS) is 28.6. The summed E-state index contributed by atoms with van der Waals surface area (Å²) in [7, 11) is 4.20. The highest BCUT2D eigenvalue weighted by molar-refractivity contribution is 5.25. The summed E-state index contributed by atoms with van der Waals surface area (Å²) in [6.07, 6.45) is 4.60. The summed E-state index contributed by atoms with van der Waals surface area (Å²) in [6.45, 7) is 2.29. The average molecular weight is 279 g/mol. The molecule has 20 heavy (non-hydrogen) atoms. The predicted molar refractivity (Wildman–Crippen MR) is 80.5 cm³/mol. The molecule has 0 aliphatic heterocycles. The highest BCUT2D eigenvalue weighted by atomic mass is 19.1. The first-order valence-electron chi connectivity index (χ1n) is 7.38. The fraction of sp³-hybridized carbons (Fsp3) is 0.625. The number of benzene rings is 1. The monoisotopic (exact) mass is 279 g/mol. The molecule has 1 saturated carbocycles. The van der Waals surface area contributed by atoms with Crippen molar-refractivity contribution in [3.05, 3.63) is 35.6 Å². The van der Waals surface area contributed by atoms with Crippen LogP contribution in [0.15, 0.2) is 24.3 Å². The third-order valence-electron chi connectivity index (χ3n) is 4.79. The number of rotatable bonds is 4. The molecular formula is C16H26FN3. The number of hydrogen-bond acceptors (Lipinski definition) is 3. The minimum absolute atomic E-state index is 0.0553. The molecular weight excluding hydrogens is 253 g/mol. The van der Waals surface area contributed by atoms with Crippen molar-refractivity contribution in [1.29, 1.82) is 0 Å². The van der Waals surface area contributed by atoms with Crippen LogP contribution in [0.5, 0.6) is 0 Å². The van der Waals surface area contributed by atoms with E-state index in [-0.39, 0.29) is 17.4 Å². The lowest BCUT2D eigenvalue weighted by molar-refractivity contribution is 0.0366. The second-order valence-electron chi connectivity index (χ2n) is 6.35. The van der Waals surface area contributed by atoms with Crippen LogP contribution in [-0.2, 0) is 0 Å². The van der Waals surface area contributed by atoms with Crippen molar-refractivity contribution < 1.29 is 4.39 Å². The first-order chi connectivity index (χ1) is 9.49. The number of nitrogens with one attached hydrogen (secondary N) is 1. The third-order valence-corrected chi connectivity index (χ3v) is 4.79. The summed E-state index contributed by atoms with van der Waals surface area (Å²) >= 11 is 0. The number of nitrogens with two attached hydrogens (primary N) is 1. The molecule has 4 heteroatoms. The van der Waals surface area contributed by atoms with Crippen LogP contribution in [0.3, 0.4) is 0 Å². The van der Waals surface area contributed by atoms with Gasteiger partial charge in [0, 0.05) is 5.54 Å². The number of halogens is 1. The Kier molecular flexibility index (Phi) is 4.78. The minimum Gasteiger partial charge on any atom is -0.302 e. The lowest BCUT2D eigenvalue weighted by Gasteiger charge is -2.50. The van der Waals surface area contributed by atoms with E-state index in [0.717, 1.165) is 18.4 Å². The Balaban J connectivity index is 2.40. The van der Waals surface area contributed by atoms with Gasteiger partial charge >= 0.3 is 0 Å². The van der Waals surface area contributed by atoms with Gasteiger partial charge in [0.05, 0.1) is 6.04 Å². The van der Waals surface area contributed by atoms with Gasteiger partial charge in [0.25, 0.3) is 0 Å². The molecule has 3 unspecified atom stereocenters. The molecule has 0 aromatic heterocycles. The van der Waals surface area contributed by atoms with Crippen molar-refractivity contribution in [3.63, 3.8) is 0 Å². The van der Waals surface area contributed by atoms with Crippen LogP contribution in [0.1, 0.15) is 44.2 Å². The molecule has 3 atom stereocenters. The number of hydrazine groups is 1. The Labute approximate surface area is 121 Å². The maximum Gasteiger partial charge on any atom is 0.123 e. The second-order valence-corrected chi connectivity index (χ2v) is 6.35. The van der Waals surface area contributed by atoms with E-state index in [1.165, 1.54) is 18.9 Å². The van der Waals surface area contributed by atoms with Crippen molar-refractivity contribution in [1.82, 2.24) is 10.3 Å². The maximum absolute atomic E-state index is 13.6. The van der Waals surface area contributed by atoms with Gasteiger partial charge < -0.3 is 4.90 Å². The first kappa shape index (κ1) is 15.4. The standard InChI is InChI=1S/C16H26FN3/c1-12-6-5-9-16(11-12,20(2)3)15(19-18)13-7-4-8-14(17)10-13/h4,7-8,10,12,15,19H,5-6,9,11,18H2,1-3H3. The minimum atomic E-state index is -0.208. The Morgan fingerprint density at radius 1 is 1.45 bits per heavy atom. The van der Waals surface area contributed by atoms with Crippen molar-refractivity contribution in [2.45, 2.75) is 44.2 Å². The number of likely N-dealkylation sites (N-methyl/N-ethyl adjacent to an activating group) is 1. The van der Waals surface area contributed by atoms with Crippen LogP contribution in [0.4, 0.5) is 4.39 Å². The Morgan fingerprint density at radius 2 is 2.20 bits per heavy atom. The van der Waals surface area contributed by atoms with E-state index in [0.29, 0.717) is 5.92 Å². The summed E-state index contributed by atoms with van der Waals surface area (Å²) < 4.78 is 13.6. The molecule has 112 valence electrons. The second kappa shape index (κ2) is 6.20. The molecule has 0 heterocycles. The molecule has 3 nitrogen and oxygen atoms in total. The van der Waals surface area contributed by atoms with Gasteiger partial charge in [-0.1, -0.05) is 31.9 Å². The van der Waals surface area contributed by atoms with Crippen LogP contribution in [-0.4, -0.2) is 24.5 Å². The molecule has 3 N–H and O–H groups in total. The Morgan fingerprint density at radius 3 is 2.75 bits per heavy atom. The predicted octanol–water partition coefficient (Wildman–Crippen LogP) is 2.84. The van der Waals surface area contributed by atoms with E-state index in [1.807, 2.05) is 6.07 Å². The van der Waals surface area contributed by atoms with Crippen LogP contribution in [0.25, 0.3) is 0 Å². The molecule has 0 spiro atoms. The van der Waals surface area contributed by atoms with Gasteiger partial charge in [0.2, 0.25) is 0 Å². The molecule has 1 fully saturated rings. The van der Waals surface area contributed by atoms with Crippen LogP contribution in [0.2, 0.25) is 0 Å². The zero-order chi connectivity index (χ0) is 14.8. The lowest BCUT2D eigenvalue weighted by atomic mass is 9.70. The summed E-state index contributed by atoms with van der Waals surface area (Å²) in [5.41, 5.74) is 3.82. The topological polar surface area (TPSA) is 41.3 Å². The van der Waals surface area contributed by atoms with Crippen LogP contribution in [0, 0.1) is 11.7 Å². The van der Waals surface area contributed by atoms with Crippen molar-refractivity contribution >= 4 is 0 Å². The van der Waals surface area contributed by atoms with Crippen molar-refractivity contribution in [3.8, 4) is 0 Å². The highest BCUT2D eigenvalue weighted by Crippen LogP contribution is 2.43. The van der Waals surface area contributed by atoms with Crippen LogP contribution < -0.4 is 11.3 Å². The van der Waals surface area contributed by atoms with Gasteiger partial charge in [-0.25, -0.2) is 4.39 Å². The van der Waals surface area contributed by atoms with Gasteiger partial charge in [-0.3, -0.25) is 11.3 Å². The summed E-state index contributed by atoms with van der Waals surface area (Å²) in [4.78, 5) is 2.26. The summed E-state index contributed by atoms with van der Waals surface area (Å²) in [5, 5.41) is 0. The van der Waals surface area contributed by atoms with Gasteiger partial charge in [0.1, 0.15) is 5.82 Å². The quantitative estimate of drug-likeness (QED) is 0.658. The van der Waals surface area contributed by atoms with E-state index in [9.17, 15) is 4.39 Å². The third kappa shape index (κ3) is 2.87. The molecule has 0 amide bonds. The molecule has 0 saturated heterocycles. The van der Waals surface area contributed by atoms with Gasteiger partial charge in [-0.2, -0.15) is 0 Å². The lowest BCUT2D eigenvalue weighted by Crippen LogP contribution is -2.57. The van der Waals surface area contributed by atoms with E-state index < -0.39 is 0 Å². The van der Waals surface area contributed by atoms with Gasteiger partial charge in [-0.05, 0) is 50.6 Å². The molecule has 1 aromatic carbocycles. The smallest absolute Gasteiger partial charge is 0.123 e. The first-order valence-corrected chi connectivity index (χ1v) is 7.38. The molecule has 2 rings (SSSR count). The van der Waals surface area contributed by atoms with E-state index in [1.54, 1.807) is 12.1 Å². The van der Waals surface area contributed by atoms with Gasteiger partial charge in [-0.15, -0.1) is 0 Å². The van der Waals surface area contributed by atoms with Crippen molar-refractivity contribution in [2.75, 3.05) is 14.1 Å². The molecule has 0 radical (unpaired) electrons. The maximum atomic E-state index is 13.6. The fourth-order valence-corrected chi connectivity index (χ4v) is 3.74. The van der Waals surface area contributed by atoms with E-state index in [2.05, 4.69) is 31.3 Å². The zero-order valence-electron chi connectivity index (χ0n) is 12.7.